The van der Waals surface area contributed by atoms with Gasteiger partial charge in [-0.25, -0.2) is 4.79 Å². The number of hydrogen-bond acceptors (Lipinski definition) is 6. The first-order valence-corrected chi connectivity index (χ1v) is 10.0. The van der Waals surface area contributed by atoms with Crippen molar-refractivity contribution in [3.8, 4) is 34.7 Å². The lowest BCUT2D eigenvalue weighted by atomic mass is 9.91. The topological polar surface area (TPSA) is 112 Å². The molecule has 3 aromatic rings. The van der Waals surface area contributed by atoms with Crippen molar-refractivity contribution >= 4 is 6.09 Å². The molecule has 0 radical (unpaired) electrons. The molecule has 31 heavy (non-hydrogen) atoms. The number of nitriles is 1. The Morgan fingerprint density at radius 1 is 1.32 bits per heavy atom. The minimum Gasteiger partial charge on any atom is -0.490 e. The van der Waals surface area contributed by atoms with Crippen molar-refractivity contribution in [2.75, 3.05) is 6.54 Å². The predicted octanol–water partition coefficient (Wildman–Crippen LogP) is 4.41. The highest BCUT2D eigenvalue weighted by Crippen LogP contribution is 2.32. The molecule has 8 heteroatoms. The lowest BCUT2D eigenvalue weighted by Gasteiger charge is -2.28. The number of nitrogens with zero attached hydrogens (tertiary/aromatic N) is 4. The second-order valence-corrected chi connectivity index (χ2v) is 7.74. The summed E-state index contributed by atoms with van der Waals surface area (Å²) in [6.45, 7) is 6.64. The van der Waals surface area contributed by atoms with Gasteiger partial charge in [0.1, 0.15) is 11.8 Å². The zero-order valence-corrected chi connectivity index (χ0v) is 17.5. The highest BCUT2D eigenvalue weighted by atomic mass is 16.5. The molecule has 1 aliphatic heterocycles. The van der Waals surface area contributed by atoms with Crippen LogP contribution in [0.4, 0.5) is 4.79 Å². The first-order chi connectivity index (χ1) is 14.9. The standard InChI is InChI=1S/C23H22N4O4/c1-13(2)30-20-7-5-15(10-17(20)11-24)22-25-21(26-31-22)19-6-4-16-12-27(23(28)29)9-8-18(16)14(19)3/h4-7,10,13H,8-9,12H2,1-3H3,(H,28,29). The number of benzene rings is 2. The largest absolute Gasteiger partial charge is 0.490 e. The van der Waals surface area contributed by atoms with Gasteiger partial charge in [0.2, 0.25) is 5.82 Å². The quantitative estimate of drug-likeness (QED) is 0.668. The van der Waals surface area contributed by atoms with Gasteiger partial charge in [-0.15, -0.1) is 0 Å². The maximum absolute atomic E-state index is 11.3. The Bertz CT molecular complexity index is 1190. The third-order valence-corrected chi connectivity index (χ3v) is 5.34. The third-order valence-electron chi connectivity index (χ3n) is 5.34. The number of aromatic nitrogens is 2. The van der Waals surface area contributed by atoms with Crippen molar-refractivity contribution in [2.24, 2.45) is 0 Å². The van der Waals surface area contributed by atoms with Crippen molar-refractivity contribution in [3.63, 3.8) is 0 Å². The van der Waals surface area contributed by atoms with Crippen LogP contribution in [0.1, 0.15) is 36.1 Å². The van der Waals surface area contributed by atoms with Crippen molar-refractivity contribution in [2.45, 2.75) is 39.8 Å². The zero-order valence-electron chi connectivity index (χ0n) is 17.5. The Morgan fingerprint density at radius 2 is 2.13 bits per heavy atom. The average Bonchev–Trinajstić information content (AvgIpc) is 3.23. The minimum absolute atomic E-state index is 0.0393. The SMILES string of the molecule is Cc1c(-c2noc(-c3ccc(OC(C)C)c(C#N)c3)n2)ccc2c1CCN(C(=O)O)C2. The van der Waals surface area contributed by atoms with Gasteiger partial charge in [0, 0.05) is 24.2 Å². The molecule has 4 rings (SSSR count). The number of hydrogen-bond donors (Lipinski definition) is 1. The molecular formula is C23H22N4O4. The summed E-state index contributed by atoms with van der Waals surface area (Å²) in [5.74, 6) is 1.29. The predicted molar refractivity (Wildman–Crippen MR) is 113 cm³/mol. The van der Waals surface area contributed by atoms with Crippen LogP contribution in [-0.4, -0.2) is 38.9 Å². The van der Waals surface area contributed by atoms with E-state index in [1.807, 2.05) is 32.9 Å². The highest BCUT2D eigenvalue weighted by molar-refractivity contribution is 5.69. The summed E-state index contributed by atoms with van der Waals surface area (Å²) in [5, 5.41) is 22.8. The Labute approximate surface area is 179 Å². The van der Waals surface area contributed by atoms with E-state index in [0.29, 0.717) is 48.1 Å². The van der Waals surface area contributed by atoms with E-state index in [4.69, 9.17) is 9.26 Å². The van der Waals surface area contributed by atoms with E-state index in [1.54, 1.807) is 18.2 Å². The van der Waals surface area contributed by atoms with Gasteiger partial charge in [0.25, 0.3) is 5.89 Å². The Morgan fingerprint density at radius 3 is 2.84 bits per heavy atom. The van der Waals surface area contributed by atoms with Crippen molar-refractivity contribution < 1.29 is 19.2 Å². The fraction of sp³-hybridized carbons (Fsp3) is 0.304. The first-order valence-electron chi connectivity index (χ1n) is 10.0. The van der Waals surface area contributed by atoms with E-state index in [1.165, 1.54) is 4.90 Å². The summed E-state index contributed by atoms with van der Waals surface area (Å²) in [6.07, 6.45) is -0.297. The Kier molecular flexibility index (Phi) is 5.34. The maximum atomic E-state index is 11.3. The Hall–Kier alpha value is -3.86. The van der Waals surface area contributed by atoms with Crippen LogP contribution in [0, 0.1) is 18.3 Å². The average molecular weight is 418 g/mol. The molecule has 1 N–H and O–H groups in total. The van der Waals surface area contributed by atoms with Crippen molar-refractivity contribution in [1.29, 1.82) is 5.26 Å². The van der Waals surface area contributed by atoms with Gasteiger partial charge in [-0.3, -0.25) is 0 Å². The van der Waals surface area contributed by atoms with Crippen LogP contribution in [0.5, 0.6) is 5.75 Å². The molecule has 0 aliphatic carbocycles. The van der Waals surface area contributed by atoms with Gasteiger partial charge < -0.3 is 19.3 Å². The molecule has 2 heterocycles. The summed E-state index contributed by atoms with van der Waals surface area (Å²) in [5.41, 5.74) is 5.03. The van der Waals surface area contributed by atoms with Crippen LogP contribution in [0.2, 0.25) is 0 Å². The van der Waals surface area contributed by atoms with E-state index >= 15 is 0 Å². The molecule has 1 aromatic heterocycles. The molecular weight excluding hydrogens is 396 g/mol. The molecule has 0 spiro atoms. The number of carbonyl (C=O) groups is 1. The summed E-state index contributed by atoms with van der Waals surface area (Å²) in [7, 11) is 0. The monoisotopic (exact) mass is 418 g/mol. The fourth-order valence-corrected chi connectivity index (χ4v) is 3.80. The van der Waals surface area contributed by atoms with Crippen LogP contribution in [-0.2, 0) is 13.0 Å². The van der Waals surface area contributed by atoms with E-state index in [-0.39, 0.29) is 6.10 Å². The summed E-state index contributed by atoms with van der Waals surface area (Å²) in [4.78, 5) is 17.2. The third kappa shape index (κ3) is 3.94. The molecule has 0 saturated carbocycles. The second kappa shape index (κ2) is 8.11. The number of fused-ring (bicyclic) bond motifs is 1. The van der Waals surface area contributed by atoms with E-state index in [9.17, 15) is 15.2 Å². The molecule has 0 saturated heterocycles. The smallest absolute Gasteiger partial charge is 0.407 e. The van der Waals surface area contributed by atoms with Crippen LogP contribution in [0.25, 0.3) is 22.8 Å². The number of ether oxygens (including phenoxy) is 1. The minimum atomic E-state index is -0.906. The molecule has 0 fully saturated rings. The second-order valence-electron chi connectivity index (χ2n) is 7.74. The molecule has 1 aliphatic rings. The number of carboxylic acid groups (broad SMARTS) is 1. The van der Waals surface area contributed by atoms with Gasteiger partial charge in [-0.05, 0) is 62.1 Å². The zero-order chi connectivity index (χ0) is 22.1. The van der Waals surface area contributed by atoms with Crippen LogP contribution < -0.4 is 4.74 Å². The normalized spacial score (nSPS) is 13.1. The summed E-state index contributed by atoms with van der Waals surface area (Å²) >= 11 is 0. The van der Waals surface area contributed by atoms with Gasteiger partial charge in [0.15, 0.2) is 0 Å². The van der Waals surface area contributed by atoms with E-state index in [0.717, 1.165) is 22.3 Å². The Balaban J connectivity index is 1.64. The number of amides is 1. The highest BCUT2D eigenvalue weighted by Gasteiger charge is 2.24. The van der Waals surface area contributed by atoms with Crippen molar-refractivity contribution in [3.05, 3.63) is 52.6 Å². The van der Waals surface area contributed by atoms with Gasteiger partial charge in [0.05, 0.1) is 11.7 Å². The molecule has 2 aromatic carbocycles. The summed E-state index contributed by atoms with van der Waals surface area (Å²) < 4.78 is 11.1. The van der Waals surface area contributed by atoms with Gasteiger partial charge >= 0.3 is 6.09 Å². The number of rotatable bonds is 4. The molecule has 8 nitrogen and oxygen atoms in total. The van der Waals surface area contributed by atoms with E-state index < -0.39 is 6.09 Å². The fourth-order valence-electron chi connectivity index (χ4n) is 3.80. The lowest BCUT2D eigenvalue weighted by Crippen LogP contribution is -2.35. The van der Waals surface area contributed by atoms with Gasteiger partial charge in [-0.1, -0.05) is 17.3 Å². The van der Waals surface area contributed by atoms with Crippen molar-refractivity contribution in [1.82, 2.24) is 15.0 Å². The molecule has 0 bridgehead atoms. The lowest BCUT2D eigenvalue weighted by molar-refractivity contribution is 0.140. The summed E-state index contributed by atoms with van der Waals surface area (Å²) in [6, 6.07) is 11.2. The van der Waals surface area contributed by atoms with Crippen LogP contribution in [0.3, 0.4) is 0 Å². The first kappa shape index (κ1) is 20.4. The van der Waals surface area contributed by atoms with Crippen LogP contribution >= 0.6 is 0 Å². The molecule has 0 unspecified atom stereocenters. The molecule has 0 atom stereocenters. The van der Waals surface area contributed by atoms with E-state index in [2.05, 4.69) is 16.2 Å². The van der Waals surface area contributed by atoms with Gasteiger partial charge in [-0.2, -0.15) is 10.2 Å². The van der Waals surface area contributed by atoms with Crippen LogP contribution in [0.15, 0.2) is 34.9 Å². The molecule has 158 valence electrons. The molecule has 1 amide bonds. The maximum Gasteiger partial charge on any atom is 0.407 e.